The molecule has 1 rings (SSSR count). The van der Waals surface area contributed by atoms with E-state index in [1.165, 1.54) is 32.1 Å². The van der Waals surface area contributed by atoms with Gasteiger partial charge in [-0.3, -0.25) is 0 Å². The van der Waals surface area contributed by atoms with Crippen LogP contribution in [0.4, 0.5) is 0 Å². The molecule has 0 aromatic carbocycles. The van der Waals surface area contributed by atoms with E-state index in [2.05, 4.69) is 26.2 Å². The van der Waals surface area contributed by atoms with Crippen LogP contribution in [0.1, 0.15) is 46.0 Å². The standard InChI is InChI=1S/C11H23N/c1-4-5-11(12-3)10-7-6-9(2)8-10/h9-12H,4-8H2,1-3H3. The minimum absolute atomic E-state index is 0.792. The van der Waals surface area contributed by atoms with Gasteiger partial charge in [0.25, 0.3) is 0 Å². The summed E-state index contributed by atoms with van der Waals surface area (Å²) in [6, 6.07) is 0.792. The van der Waals surface area contributed by atoms with Crippen LogP contribution in [0.15, 0.2) is 0 Å². The van der Waals surface area contributed by atoms with Crippen molar-refractivity contribution in [1.82, 2.24) is 5.32 Å². The third kappa shape index (κ3) is 2.48. The Labute approximate surface area is 76.9 Å². The summed E-state index contributed by atoms with van der Waals surface area (Å²) in [6.45, 7) is 4.67. The number of nitrogens with one attached hydrogen (secondary N) is 1. The average Bonchev–Trinajstić information content (AvgIpc) is 2.47. The summed E-state index contributed by atoms with van der Waals surface area (Å²) in [6.07, 6.45) is 7.02. The van der Waals surface area contributed by atoms with Gasteiger partial charge in [0.1, 0.15) is 0 Å². The van der Waals surface area contributed by atoms with Crippen molar-refractivity contribution in [3.05, 3.63) is 0 Å². The summed E-state index contributed by atoms with van der Waals surface area (Å²) in [7, 11) is 2.11. The average molecular weight is 169 g/mol. The highest BCUT2D eigenvalue weighted by Crippen LogP contribution is 2.33. The van der Waals surface area contributed by atoms with Gasteiger partial charge in [0.2, 0.25) is 0 Å². The Kier molecular flexibility index (Phi) is 4.07. The molecule has 1 fully saturated rings. The molecule has 0 aromatic rings. The second-order valence-corrected chi connectivity index (χ2v) is 4.36. The van der Waals surface area contributed by atoms with Crippen molar-refractivity contribution >= 4 is 0 Å². The molecule has 1 saturated carbocycles. The van der Waals surface area contributed by atoms with E-state index in [1.807, 2.05) is 0 Å². The first-order valence-corrected chi connectivity index (χ1v) is 5.45. The third-order valence-corrected chi connectivity index (χ3v) is 3.27. The Hall–Kier alpha value is -0.0400. The molecule has 1 heteroatoms. The fourth-order valence-electron chi connectivity index (χ4n) is 2.54. The Morgan fingerprint density at radius 1 is 1.42 bits per heavy atom. The first-order chi connectivity index (χ1) is 5.77. The summed E-state index contributed by atoms with van der Waals surface area (Å²) in [4.78, 5) is 0. The SMILES string of the molecule is CCCC(NC)C1CCC(C)C1. The van der Waals surface area contributed by atoms with Gasteiger partial charge in [0, 0.05) is 6.04 Å². The maximum absolute atomic E-state index is 3.47. The van der Waals surface area contributed by atoms with Crippen LogP contribution >= 0.6 is 0 Å². The lowest BCUT2D eigenvalue weighted by Crippen LogP contribution is -2.32. The van der Waals surface area contributed by atoms with E-state index < -0.39 is 0 Å². The summed E-state index contributed by atoms with van der Waals surface area (Å²) in [5.74, 6) is 1.94. The largest absolute Gasteiger partial charge is 0.317 e. The zero-order chi connectivity index (χ0) is 8.97. The van der Waals surface area contributed by atoms with Gasteiger partial charge in [0.15, 0.2) is 0 Å². The molecule has 12 heavy (non-hydrogen) atoms. The maximum atomic E-state index is 3.47. The van der Waals surface area contributed by atoms with Crippen LogP contribution in [0.25, 0.3) is 0 Å². The summed E-state index contributed by atoms with van der Waals surface area (Å²) >= 11 is 0. The lowest BCUT2D eigenvalue weighted by Gasteiger charge is -2.22. The van der Waals surface area contributed by atoms with Crippen LogP contribution in [0.2, 0.25) is 0 Å². The molecule has 3 unspecified atom stereocenters. The number of hydrogen-bond donors (Lipinski definition) is 1. The number of rotatable bonds is 4. The van der Waals surface area contributed by atoms with E-state index in [4.69, 9.17) is 0 Å². The minimum Gasteiger partial charge on any atom is -0.317 e. The maximum Gasteiger partial charge on any atom is 0.00923 e. The molecule has 0 spiro atoms. The van der Waals surface area contributed by atoms with Crippen molar-refractivity contribution in [3.8, 4) is 0 Å². The second kappa shape index (κ2) is 4.86. The van der Waals surface area contributed by atoms with Crippen molar-refractivity contribution in [1.29, 1.82) is 0 Å². The van der Waals surface area contributed by atoms with E-state index in [0.717, 1.165) is 17.9 Å². The topological polar surface area (TPSA) is 12.0 Å². The first-order valence-electron chi connectivity index (χ1n) is 5.45. The third-order valence-electron chi connectivity index (χ3n) is 3.27. The van der Waals surface area contributed by atoms with Crippen molar-refractivity contribution in [3.63, 3.8) is 0 Å². The zero-order valence-electron chi connectivity index (χ0n) is 8.77. The highest BCUT2D eigenvalue weighted by molar-refractivity contribution is 4.82. The van der Waals surface area contributed by atoms with Crippen LogP contribution < -0.4 is 5.32 Å². The van der Waals surface area contributed by atoms with E-state index in [9.17, 15) is 0 Å². The molecular weight excluding hydrogens is 146 g/mol. The van der Waals surface area contributed by atoms with Gasteiger partial charge in [-0.25, -0.2) is 0 Å². The first kappa shape index (κ1) is 10.0. The van der Waals surface area contributed by atoms with Crippen LogP contribution in [-0.4, -0.2) is 13.1 Å². The molecule has 1 aliphatic carbocycles. The van der Waals surface area contributed by atoms with Crippen LogP contribution in [0, 0.1) is 11.8 Å². The highest BCUT2D eigenvalue weighted by atomic mass is 14.9. The quantitative estimate of drug-likeness (QED) is 0.682. The molecule has 0 aliphatic heterocycles. The van der Waals surface area contributed by atoms with Gasteiger partial charge >= 0.3 is 0 Å². The zero-order valence-corrected chi connectivity index (χ0v) is 8.77. The number of hydrogen-bond acceptors (Lipinski definition) is 1. The van der Waals surface area contributed by atoms with Gasteiger partial charge in [0.05, 0.1) is 0 Å². The predicted octanol–water partition coefficient (Wildman–Crippen LogP) is 2.81. The monoisotopic (exact) mass is 169 g/mol. The molecule has 1 N–H and O–H groups in total. The molecule has 0 radical (unpaired) electrons. The van der Waals surface area contributed by atoms with Crippen LogP contribution in [0.5, 0.6) is 0 Å². The molecule has 0 aromatic heterocycles. The minimum atomic E-state index is 0.792. The van der Waals surface area contributed by atoms with E-state index in [1.54, 1.807) is 0 Å². The second-order valence-electron chi connectivity index (χ2n) is 4.36. The fourth-order valence-corrected chi connectivity index (χ4v) is 2.54. The lowest BCUT2D eigenvalue weighted by atomic mass is 9.94. The molecule has 0 bridgehead atoms. The molecule has 0 heterocycles. The van der Waals surface area contributed by atoms with Gasteiger partial charge in [-0.2, -0.15) is 0 Å². The van der Waals surface area contributed by atoms with E-state index >= 15 is 0 Å². The van der Waals surface area contributed by atoms with Gasteiger partial charge in [-0.15, -0.1) is 0 Å². The Bertz CT molecular complexity index is 120. The van der Waals surface area contributed by atoms with Crippen molar-refractivity contribution in [2.75, 3.05) is 7.05 Å². The van der Waals surface area contributed by atoms with Crippen LogP contribution in [-0.2, 0) is 0 Å². The normalized spacial score (nSPS) is 32.2. The molecule has 3 atom stereocenters. The molecule has 0 saturated heterocycles. The molecular formula is C11H23N. The molecule has 1 nitrogen and oxygen atoms in total. The van der Waals surface area contributed by atoms with Gasteiger partial charge in [-0.1, -0.05) is 26.7 Å². The van der Waals surface area contributed by atoms with E-state index in [-0.39, 0.29) is 0 Å². The van der Waals surface area contributed by atoms with Crippen molar-refractivity contribution in [2.45, 2.75) is 52.0 Å². The highest BCUT2D eigenvalue weighted by Gasteiger charge is 2.26. The Morgan fingerprint density at radius 2 is 2.17 bits per heavy atom. The Balaban J connectivity index is 2.33. The van der Waals surface area contributed by atoms with Gasteiger partial charge in [-0.05, 0) is 38.1 Å². The summed E-state index contributed by atoms with van der Waals surface area (Å²) < 4.78 is 0. The lowest BCUT2D eigenvalue weighted by molar-refractivity contribution is 0.349. The summed E-state index contributed by atoms with van der Waals surface area (Å²) in [5.41, 5.74) is 0. The summed E-state index contributed by atoms with van der Waals surface area (Å²) in [5, 5.41) is 3.47. The van der Waals surface area contributed by atoms with E-state index in [0.29, 0.717) is 0 Å². The van der Waals surface area contributed by atoms with Crippen molar-refractivity contribution in [2.24, 2.45) is 11.8 Å². The molecule has 0 amide bonds. The van der Waals surface area contributed by atoms with Crippen molar-refractivity contribution < 1.29 is 0 Å². The molecule has 1 aliphatic rings. The molecule has 72 valence electrons. The van der Waals surface area contributed by atoms with Crippen LogP contribution in [0.3, 0.4) is 0 Å². The van der Waals surface area contributed by atoms with Gasteiger partial charge < -0.3 is 5.32 Å². The predicted molar refractivity (Wildman–Crippen MR) is 54.3 cm³/mol. The fraction of sp³-hybridized carbons (Fsp3) is 1.00. The Morgan fingerprint density at radius 3 is 2.58 bits per heavy atom. The smallest absolute Gasteiger partial charge is 0.00923 e.